The van der Waals surface area contributed by atoms with E-state index in [-0.39, 0.29) is 5.69 Å². The fraction of sp³-hybridized carbons (Fsp3) is 0.308. The van der Waals surface area contributed by atoms with Crippen LogP contribution in [0.4, 0.5) is 5.69 Å². The Morgan fingerprint density at radius 2 is 2.05 bits per heavy atom. The number of nitrogens with zero attached hydrogens (tertiary/aromatic N) is 3. The van der Waals surface area contributed by atoms with Crippen molar-refractivity contribution in [3.63, 3.8) is 0 Å². The molecular formula is C13H15N3O4. The molecule has 0 fully saturated rings. The molecule has 0 amide bonds. The fourth-order valence-electron chi connectivity index (χ4n) is 2.00. The van der Waals surface area contributed by atoms with Gasteiger partial charge in [-0.15, -0.1) is 0 Å². The van der Waals surface area contributed by atoms with Gasteiger partial charge in [0.25, 0.3) is 11.2 Å². The van der Waals surface area contributed by atoms with Gasteiger partial charge in [-0.2, -0.15) is 0 Å². The summed E-state index contributed by atoms with van der Waals surface area (Å²) in [5.74, 6) is -0.406. The highest BCUT2D eigenvalue weighted by atomic mass is 16.6. The molecule has 0 saturated heterocycles. The molecule has 0 saturated carbocycles. The lowest BCUT2D eigenvalue weighted by Gasteiger charge is -2.14. The number of non-ortho nitro benzene ring substituents is 1. The lowest BCUT2D eigenvalue weighted by Crippen LogP contribution is -2.26. The van der Waals surface area contributed by atoms with Crippen LogP contribution in [0.25, 0.3) is 10.9 Å². The Labute approximate surface area is 114 Å². The van der Waals surface area contributed by atoms with Gasteiger partial charge in [-0.25, -0.2) is 0 Å². The van der Waals surface area contributed by atoms with E-state index < -0.39 is 16.2 Å². The summed E-state index contributed by atoms with van der Waals surface area (Å²) >= 11 is 0. The molecule has 1 heterocycles. The van der Waals surface area contributed by atoms with E-state index in [4.69, 9.17) is 0 Å². The highest BCUT2D eigenvalue weighted by Crippen LogP contribution is 2.22. The summed E-state index contributed by atoms with van der Waals surface area (Å²) in [6.07, 6.45) is 0. The molecule has 0 bridgehead atoms. The molecule has 106 valence electrons. The Hall–Kier alpha value is -2.41. The summed E-state index contributed by atoms with van der Waals surface area (Å²) < 4.78 is 1.42. The molecule has 0 aliphatic rings. The summed E-state index contributed by atoms with van der Waals surface area (Å²) in [5, 5.41) is 20.9. The third-order valence-electron chi connectivity index (χ3n) is 3.04. The van der Waals surface area contributed by atoms with Crippen molar-refractivity contribution < 1.29 is 10.0 Å². The van der Waals surface area contributed by atoms with Gasteiger partial charge in [-0.1, -0.05) is 0 Å². The Bertz CT molecular complexity index is 721. The number of hydrogen-bond donors (Lipinski definition) is 1. The van der Waals surface area contributed by atoms with Gasteiger partial charge in [-0.3, -0.25) is 14.9 Å². The minimum Gasteiger partial charge on any atom is -0.503 e. The van der Waals surface area contributed by atoms with Crippen molar-refractivity contribution in [3.8, 4) is 5.75 Å². The largest absolute Gasteiger partial charge is 0.503 e. The van der Waals surface area contributed by atoms with Crippen LogP contribution in [0.3, 0.4) is 0 Å². The van der Waals surface area contributed by atoms with Crippen LogP contribution in [0.2, 0.25) is 0 Å². The number of nitro groups is 1. The number of hydrogen-bond acceptors (Lipinski definition) is 5. The molecule has 0 radical (unpaired) electrons. The summed E-state index contributed by atoms with van der Waals surface area (Å²) in [7, 11) is 3.75. The molecule has 0 spiro atoms. The molecule has 1 aromatic heterocycles. The van der Waals surface area contributed by atoms with E-state index in [1.807, 2.05) is 19.0 Å². The van der Waals surface area contributed by atoms with Gasteiger partial charge in [0.2, 0.25) is 0 Å². The quantitative estimate of drug-likeness (QED) is 0.669. The highest BCUT2D eigenvalue weighted by molar-refractivity contribution is 5.82. The molecular weight excluding hydrogens is 262 g/mol. The molecule has 7 nitrogen and oxygen atoms in total. The van der Waals surface area contributed by atoms with Crippen LogP contribution in [-0.2, 0) is 6.54 Å². The molecule has 0 unspecified atom stereocenters. The number of pyridine rings is 1. The lowest BCUT2D eigenvalue weighted by atomic mass is 10.2. The van der Waals surface area contributed by atoms with Crippen LogP contribution >= 0.6 is 0 Å². The van der Waals surface area contributed by atoms with Crippen molar-refractivity contribution in [3.05, 3.63) is 44.7 Å². The monoisotopic (exact) mass is 277 g/mol. The number of nitro benzene ring substituents is 1. The zero-order chi connectivity index (χ0) is 14.9. The van der Waals surface area contributed by atoms with E-state index in [0.29, 0.717) is 24.0 Å². The van der Waals surface area contributed by atoms with Gasteiger partial charge in [-0.05, 0) is 26.2 Å². The topological polar surface area (TPSA) is 88.6 Å². The minimum atomic E-state index is -0.508. The molecule has 0 atom stereocenters. The SMILES string of the molecule is CN(C)CCn1c(=O)c(O)cc2cc([N+](=O)[O-])ccc21. The van der Waals surface area contributed by atoms with E-state index >= 15 is 0 Å². The van der Waals surface area contributed by atoms with Crippen LogP contribution < -0.4 is 5.56 Å². The Morgan fingerprint density at radius 3 is 2.65 bits per heavy atom. The number of likely N-dealkylation sites (N-methyl/N-ethyl adjacent to an activating group) is 1. The average Bonchev–Trinajstić information content (AvgIpc) is 2.38. The van der Waals surface area contributed by atoms with E-state index in [1.165, 1.54) is 28.8 Å². The van der Waals surface area contributed by atoms with Crippen molar-refractivity contribution >= 4 is 16.6 Å². The number of aromatic nitrogens is 1. The van der Waals surface area contributed by atoms with E-state index in [9.17, 15) is 20.0 Å². The normalized spacial score (nSPS) is 11.2. The third-order valence-corrected chi connectivity index (χ3v) is 3.04. The van der Waals surface area contributed by atoms with Gasteiger partial charge in [0.15, 0.2) is 5.75 Å². The van der Waals surface area contributed by atoms with Crippen molar-refractivity contribution in [2.45, 2.75) is 6.54 Å². The summed E-state index contributed by atoms with van der Waals surface area (Å²) in [5.41, 5.74) is 0.00293. The second-order valence-electron chi connectivity index (χ2n) is 4.79. The van der Waals surface area contributed by atoms with Crippen LogP contribution in [-0.4, -0.2) is 40.1 Å². The smallest absolute Gasteiger partial charge is 0.293 e. The summed E-state index contributed by atoms with van der Waals surface area (Å²) in [6, 6.07) is 5.49. The van der Waals surface area contributed by atoms with E-state index in [1.54, 1.807) is 0 Å². The molecule has 0 aliphatic heterocycles. The van der Waals surface area contributed by atoms with Gasteiger partial charge in [0.1, 0.15) is 0 Å². The predicted molar refractivity (Wildman–Crippen MR) is 75.1 cm³/mol. The highest BCUT2D eigenvalue weighted by Gasteiger charge is 2.12. The second-order valence-corrected chi connectivity index (χ2v) is 4.79. The van der Waals surface area contributed by atoms with Gasteiger partial charge >= 0.3 is 0 Å². The van der Waals surface area contributed by atoms with Crippen molar-refractivity contribution in [1.82, 2.24) is 9.47 Å². The maximum absolute atomic E-state index is 12.0. The molecule has 20 heavy (non-hydrogen) atoms. The standard InChI is InChI=1S/C13H15N3O4/c1-14(2)5-6-15-11-4-3-10(16(19)20)7-9(11)8-12(17)13(15)18/h3-4,7-8,17H,5-6H2,1-2H3. The van der Waals surface area contributed by atoms with Gasteiger partial charge in [0.05, 0.1) is 10.4 Å². The third kappa shape index (κ3) is 2.62. The Morgan fingerprint density at radius 1 is 1.35 bits per heavy atom. The molecule has 2 rings (SSSR count). The molecule has 7 heteroatoms. The fourth-order valence-corrected chi connectivity index (χ4v) is 2.00. The summed E-state index contributed by atoms with van der Waals surface area (Å²) in [4.78, 5) is 24.1. The van der Waals surface area contributed by atoms with Crippen LogP contribution in [0.1, 0.15) is 0 Å². The zero-order valence-corrected chi connectivity index (χ0v) is 11.2. The second kappa shape index (κ2) is 5.30. The molecule has 1 aromatic carbocycles. The Kier molecular flexibility index (Phi) is 3.71. The number of aromatic hydroxyl groups is 1. The van der Waals surface area contributed by atoms with Crippen LogP contribution in [0, 0.1) is 10.1 Å². The minimum absolute atomic E-state index is 0.0743. The number of fused-ring (bicyclic) bond motifs is 1. The van der Waals surface area contributed by atoms with Gasteiger partial charge < -0.3 is 14.6 Å². The lowest BCUT2D eigenvalue weighted by molar-refractivity contribution is -0.384. The average molecular weight is 277 g/mol. The first-order valence-electron chi connectivity index (χ1n) is 6.06. The maximum atomic E-state index is 12.0. The first-order chi connectivity index (χ1) is 9.40. The zero-order valence-electron chi connectivity index (χ0n) is 11.2. The molecule has 1 N–H and O–H groups in total. The van der Waals surface area contributed by atoms with E-state index in [2.05, 4.69) is 0 Å². The molecule has 0 aliphatic carbocycles. The van der Waals surface area contributed by atoms with Crippen molar-refractivity contribution in [2.24, 2.45) is 0 Å². The summed E-state index contributed by atoms with van der Waals surface area (Å²) in [6.45, 7) is 1.02. The number of benzene rings is 1. The number of rotatable bonds is 4. The first-order valence-corrected chi connectivity index (χ1v) is 6.06. The van der Waals surface area contributed by atoms with E-state index in [0.717, 1.165) is 0 Å². The first kappa shape index (κ1) is 14.0. The van der Waals surface area contributed by atoms with Crippen molar-refractivity contribution in [2.75, 3.05) is 20.6 Å². The maximum Gasteiger partial charge on any atom is 0.293 e. The molecule has 2 aromatic rings. The van der Waals surface area contributed by atoms with Gasteiger partial charge in [0, 0.05) is 30.6 Å². The predicted octanol–water partition coefficient (Wildman–Crippen LogP) is 1.18. The van der Waals surface area contributed by atoms with Crippen molar-refractivity contribution in [1.29, 1.82) is 0 Å². The Balaban J connectivity index is 2.62. The van der Waals surface area contributed by atoms with Crippen LogP contribution in [0.5, 0.6) is 5.75 Å². The van der Waals surface area contributed by atoms with Crippen LogP contribution in [0.15, 0.2) is 29.1 Å².